The van der Waals surface area contributed by atoms with Gasteiger partial charge < -0.3 is 13.9 Å². The van der Waals surface area contributed by atoms with Gasteiger partial charge in [0.05, 0.1) is 22.4 Å². The van der Waals surface area contributed by atoms with Crippen LogP contribution in [0.25, 0.3) is 71.0 Å². The summed E-state index contributed by atoms with van der Waals surface area (Å²) in [5.41, 5.74) is 8.69. The number of anilines is 3. The zero-order valence-electron chi connectivity index (χ0n) is 25.5. The fraction of sp³-hybridized carbons (Fsp3) is 0. The molecular formula is C44H28N2O. The summed E-state index contributed by atoms with van der Waals surface area (Å²) in [4.78, 5) is 2.42. The van der Waals surface area contributed by atoms with Crippen molar-refractivity contribution in [2.45, 2.75) is 0 Å². The zero-order valence-corrected chi connectivity index (χ0v) is 25.5. The monoisotopic (exact) mass is 600 g/mol. The van der Waals surface area contributed by atoms with Crippen LogP contribution in [-0.2, 0) is 0 Å². The van der Waals surface area contributed by atoms with Gasteiger partial charge in [-0.05, 0) is 60.0 Å². The van der Waals surface area contributed by atoms with Gasteiger partial charge in [0.1, 0.15) is 11.2 Å². The molecule has 0 radical (unpaired) electrons. The van der Waals surface area contributed by atoms with E-state index in [1.165, 1.54) is 32.6 Å². The van der Waals surface area contributed by atoms with E-state index in [1.807, 2.05) is 6.07 Å². The van der Waals surface area contributed by atoms with E-state index in [9.17, 15) is 0 Å². The maximum absolute atomic E-state index is 6.49. The topological polar surface area (TPSA) is 21.3 Å². The summed E-state index contributed by atoms with van der Waals surface area (Å²) in [5, 5.41) is 9.39. The minimum absolute atomic E-state index is 0.900. The highest BCUT2D eigenvalue weighted by Gasteiger charge is 2.22. The Morgan fingerprint density at radius 2 is 0.979 bits per heavy atom. The highest BCUT2D eigenvalue weighted by molar-refractivity contribution is 6.20. The zero-order chi connectivity index (χ0) is 30.9. The average molecular weight is 601 g/mol. The van der Waals surface area contributed by atoms with Crippen molar-refractivity contribution in [2.24, 2.45) is 0 Å². The first-order valence-corrected chi connectivity index (χ1v) is 16.0. The highest BCUT2D eigenvalue weighted by atomic mass is 16.3. The van der Waals surface area contributed by atoms with E-state index >= 15 is 0 Å². The lowest BCUT2D eigenvalue weighted by atomic mass is 10.0. The van der Waals surface area contributed by atoms with Gasteiger partial charge in [0.2, 0.25) is 0 Å². The Morgan fingerprint density at radius 1 is 0.404 bits per heavy atom. The number of nitrogens with zero attached hydrogens (tertiary/aromatic N) is 2. The lowest BCUT2D eigenvalue weighted by Crippen LogP contribution is -2.11. The first-order chi connectivity index (χ1) is 23.3. The maximum atomic E-state index is 6.49. The van der Waals surface area contributed by atoms with Gasteiger partial charge in [-0.2, -0.15) is 0 Å². The molecule has 0 N–H and O–H groups in total. The Balaban J connectivity index is 1.25. The average Bonchev–Trinajstić information content (AvgIpc) is 3.68. The van der Waals surface area contributed by atoms with E-state index in [0.29, 0.717) is 0 Å². The molecule has 3 heteroatoms. The van der Waals surface area contributed by atoms with Gasteiger partial charge in [-0.3, -0.25) is 0 Å². The second-order valence-electron chi connectivity index (χ2n) is 12.1. The van der Waals surface area contributed by atoms with Crippen LogP contribution >= 0.6 is 0 Å². The molecule has 0 fully saturated rings. The van der Waals surface area contributed by atoms with Gasteiger partial charge in [0.15, 0.2) is 0 Å². The first-order valence-electron chi connectivity index (χ1n) is 16.0. The third-order valence-corrected chi connectivity index (χ3v) is 9.56. The largest absolute Gasteiger partial charge is 0.455 e. The van der Waals surface area contributed by atoms with E-state index in [1.54, 1.807) is 0 Å². The van der Waals surface area contributed by atoms with Gasteiger partial charge in [0.25, 0.3) is 0 Å². The molecule has 2 aromatic heterocycles. The molecule has 220 valence electrons. The molecule has 47 heavy (non-hydrogen) atoms. The highest BCUT2D eigenvalue weighted by Crippen LogP contribution is 2.46. The van der Waals surface area contributed by atoms with E-state index in [0.717, 1.165) is 55.5 Å². The number of rotatable bonds is 4. The number of aromatic nitrogens is 1. The van der Waals surface area contributed by atoms with Crippen molar-refractivity contribution in [1.29, 1.82) is 0 Å². The fourth-order valence-electron chi connectivity index (χ4n) is 7.48. The van der Waals surface area contributed by atoms with Crippen LogP contribution in [0.4, 0.5) is 17.1 Å². The van der Waals surface area contributed by atoms with Crippen LogP contribution in [0.2, 0.25) is 0 Å². The summed E-state index contributed by atoms with van der Waals surface area (Å²) in [7, 11) is 0. The predicted molar refractivity (Wildman–Crippen MR) is 198 cm³/mol. The van der Waals surface area contributed by atoms with Gasteiger partial charge in [-0.25, -0.2) is 0 Å². The molecule has 0 saturated heterocycles. The lowest BCUT2D eigenvalue weighted by molar-refractivity contribution is 0.672. The number of fused-ring (bicyclic) bond motifs is 9. The van der Waals surface area contributed by atoms with E-state index in [2.05, 4.69) is 173 Å². The third kappa shape index (κ3) is 3.87. The number of benzene rings is 8. The molecule has 10 aromatic rings. The predicted octanol–water partition coefficient (Wildman–Crippen LogP) is 12.5. The Bertz CT molecular complexity index is 2740. The molecule has 8 aromatic carbocycles. The summed E-state index contributed by atoms with van der Waals surface area (Å²) in [5.74, 6) is 0. The standard InChI is InChI=1S/C44H28N2O/c1-2-14-32-29(12-1)13-11-22-39(32)46(42-28-38-36-18-7-10-23-43(36)47-44(38)37-19-4-3-17-35(37)42)31-26-24-30(25-27-31)45-40-20-8-5-15-33(40)34-16-6-9-21-41(34)45/h1-28H. The van der Waals surface area contributed by atoms with Crippen LogP contribution in [0.5, 0.6) is 0 Å². The van der Waals surface area contributed by atoms with E-state index < -0.39 is 0 Å². The van der Waals surface area contributed by atoms with Gasteiger partial charge in [-0.15, -0.1) is 0 Å². The number of para-hydroxylation sites is 3. The van der Waals surface area contributed by atoms with Crippen molar-refractivity contribution in [3.05, 3.63) is 170 Å². The van der Waals surface area contributed by atoms with E-state index in [-0.39, 0.29) is 0 Å². The smallest absolute Gasteiger partial charge is 0.143 e. The molecular weight excluding hydrogens is 572 g/mol. The quantitative estimate of drug-likeness (QED) is 0.200. The van der Waals surface area contributed by atoms with Crippen LogP contribution < -0.4 is 4.90 Å². The first kappa shape index (κ1) is 26.0. The molecule has 0 aliphatic heterocycles. The molecule has 0 aliphatic rings. The molecule has 0 atom stereocenters. The van der Waals surface area contributed by atoms with Crippen molar-refractivity contribution in [3.63, 3.8) is 0 Å². The Labute approximate surface area is 271 Å². The van der Waals surface area contributed by atoms with Crippen molar-refractivity contribution < 1.29 is 4.42 Å². The minimum Gasteiger partial charge on any atom is -0.455 e. The molecule has 2 heterocycles. The SMILES string of the molecule is c1ccc2c(N(c3ccc(-n4c5ccccc5c5ccccc54)cc3)c3cc4c5ccccc5oc4c4ccccc34)cccc2c1. The Morgan fingerprint density at radius 3 is 1.72 bits per heavy atom. The summed E-state index contributed by atoms with van der Waals surface area (Å²) in [6.45, 7) is 0. The molecule has 0 aliphatic carbocycles. The van der Waals surface area contributed by atoms with Crippen LogP contribution in [-0.4, -0.2) is 4.57 Å². The summed E-state index contributed by atoms with van der Waals surface area (Å²) < 4.78 is 8.86. The molecule has 10 rings (SSSR count). The third-order valence-electron chi connectivity index (χ3n) is 9.56. The van der Waals surface area contributed by atoms with Crippen molar-refractivity contribution in [2.75, 3.05) is 4.90 Å². The van der Waals surface area contributed by atoms with Crippen molar-refractivity contribution >= 4 is 82.4 Å². The van der Waals surface area contributed by atoms with Crippen LogP contribution in [0, 0.1) is 0 Å². The number of hydrogen-bond acceptors (Lipinski definition) is 2. The molecule has 0 spiro atoms. The Kier molecular flexibility index (Phi) is 5.57. The molecule has 0 bridgehead atoms. The normalized spacial score (nSPS) is 11.8. The van der Waals surface area contributed by atoms with Gasteiger partial charge in [-0.1, -0.05) is 115 Å². The molecule has 0 saturated carbocycles. The van der Waals surface area contributed by atoms with E-state index in [4.69, 9.17) is 4.42 Å². The van der Waals surface area contributed by atoms with Gasteiger partial charge >= 0.3 is 0 Å². The maximum Gasteiger partial charge on any atom is 0.143 e. The van der Waals surface area contributed by atoms with Crippen molar-refractivity contribution in [3.8, 4) is 5.69 Å². The molecule has 0 amide bonds. The summed E-state index contributed by atoms with van der Waals surface area (Å²) in [6.07, 6.45) is 0. The summed E-state index contributed by atoms with van der Waals surface area (Å²) in [6, 6.07) is 60.8. The second kappa shape index (κ2) is 10.1. The molecule has 3 nitrogen and oxygen atoms in total. The summed E-state index contributed by atoms with van der Waals surface area (Å²) >= 11 is 0. The minimum atomic E-state index is 0.900. The lowest BCUT2D eigenvalue weighted by Gasteiger charge is -2.28. The molecule has 0 unspecified atom stereocenters. The second-order valence-corrected chi connectivity index (χ2v) is 12.1. The van der Waals surface area contributed by atoms with Gasteiger partial charge in [0, 0.05) is 49.1 Å². The fourth-order valence-corrected chi connectivity index (χ4v) is 7.48. The number of hydrogen-bond donors (Lipinski definition) is 0. The van der Waals surface area contributed by atoms with Crippen molar-refractivity contribution in [1.82, 2.24) is 4.57 Å². The number of furan rings is 1. The van der Waals surface area contributed by atoms with Crippen LogP contribution in [0.1, 0.15) is 0 Å². The van der Waals surface area contributed by atoms with Crippen LogP contribution in [0.15, 0.2) is 174 Å². The van der Waals surface area contributed by atoms with Crippen LogP contribution in [0.3, 0.4) is 0 Å². The Hall–Kier alpha value is -6.32.